The molecule has 0 bridgehead atoms. The van der Waals surface area contributed by atoms with Gasteiger partial charge in [-0.15, -0.1) is 0 Å². The molecule has 3 rings (SSSR count). The number of carbonyl (C=O) groups is 2. The fraction of sp³-hybridized carbons (Fsp3) is 0.364. The summed E-state index contributed by atoms with van der Waals surface area (Å²) in [4.78, 5) is 29.3. The summed E-state index contributed by atoms with van der Waals surface area (Å²) in [6.07, 6.45) is 0. The number of anilines is 1. The van der Waals surface area contributed by atoms with Crippen LogP contribution in [0, 0.1) is 0 Å². The van der Waals surface area contributed by atoms with Crippen molar-refractivity contribution in [2.45, 2.75) is 32.7 Å². The van der Waals surface area contributed by atoms with Crippen LogP contribution in [-0.4, -0.2) is 36.7 Å². The van der Waals surface area contributed by atoms with E-state index in [9.17, 15) is 9.59 Å². The minimum absolute atomic E-state index is 0.0185. The molecule has 4 heteroatoms. The molecule has 0 unspecified atom stereocenters. The van der Waals surface area contributed by atoms with Gasteiger partial charge in [-0.05, 0) is 22.6 Å². The maximum absolute atomic E-state index is 12.8. The molecule has 26 heavy (non-hydrogen) atoms. The van der Waals surface area contributed by atoms with E-state index >= 15 is 0 Å². The number of nitrogens with zero attached hydrogens (tertiary/aromatic N) is 2. The number of rotatable bonds is 2. The number of hydrogen-bond donors (Lipinski definition) is 0. The zero-order valence-electron chi connectivity index (χ0n) is 16.0. The molecule has 0 aliphatic carbocycles. The van der Waals surface area contributed by atoms with E-state index in [-0.39, 0.29) is 5.41 Å². The Bertz CT molecular complexity index is 819. The summed E-state index contributed by atoms with van der Waals surface area (Å²) in [6.45, 7) is 8.08. The molecule has 0 spiro atoms. The van der Waals surface area contributed by atoms with E-state index in [1.165, 1.54) is 0 Å². The molecule has 1 aliphatic rings. The van der Waals surface area contributed by atoms with Crippen LogP contribution in [0.4, 0.5) is 5.69 Å². The summed E-state index contributed by atoms with van der Waals surface area (Å²) < 4.78 is 0. The number of benzene rings is 2. The fourth-order valence-corrected chi connectivity index (χ4v) is 3.25. The summed E-state index contributed by atoms with van der Waals surface area (Å²) in [5.74, 6) is -0.869. The molecule has 0 saturated carbocycles. The molecule has 0 aromatic heterocycles. The lowest BCUT2D eigenvalue weighted by atomic mass is 9.86. The van der Waals surface area contributed by atoms with Crippen LogP contribution in [-0.2, 0) is 16.8 Å². The SMILES string of the molecule is CN1CCN(C(=O)C(=O)c2ccc(C(C)(C)C)cc2)Cc2ccccc21. The zero-order chi connectivity index (χ0) is 18.9. The molecule has 2 aromatic rings. The largest absolute Gasteiger partial charge is 0.373 e. The quantitative estimate of drug-likeness (QED) is 0.613. The third-order valence-electron chi connectivity index (χ3n) is 4.96. The highest BCUT2D eigenvalue weighted by atomic mass is 16.2. The number of para-hydroxylation sites is 1. The highest BCUT2D eigenvalue weighted by Crippen LogP contribution is 2.25. The maximum atomic E-state index is 12.8. The third kappa shape index (κ3) is 3.64. The van der Waals surface area contributed by atoms with E-state index in [2.05, 4.69) is 31.7 Å². The molecular formula is C22H26N2O2. The lowest BCUT2D eigenvalue weighted by molar-refractivity contribution is -0.126. The summed E-state index contributed by atoms with van der Waals surface area (Å²) in [5, 5.41) is 0. The average Bonchev–Trinajstić information content (AvgIpc) is 2.79. The van der Waals surface area contributed by atoms with Gasteiger partial charge in [-0.2, -0.15) is 0 Å². The summed E-state index contributed by atoms with van der Waals surface area (Å²) in [5.41, 5.74) is 3.80. The van der Waals surface area contributed by atoms with Gasteiger partial charge in [0.2, 0.25) is 5.78 Å². The van der Waals surface area contributed by atoms with Crippen LogP contribution in [0.5, 0.6) is 0 Å². The van der Waals surface area contributed by atoms with Gasteiger partial charge in [-0.3, -0.25) is 9.59 Å². The van der Waals surface area contributed by atoms with Crippen LogP contribution in [0.1, 0.15) is 42.3 Å². The number of fused-ring (bicyclic) bond motifs is 1. The van der Waals surface area contributed by atoms with Gasteiger partial charge in [0.25, 0.3) is 5.91 Å². The van der Waals surface area contributed by atoms with Crippen molar-refractivity contribution in [3.63, 3.8) is 0 Å². The van der Waals surface area contributed by atoms with Crippen molar-refractivity contribution >= 4 is 17.4 Å². The minimum atomic E-state index is -0.438. The molecule has 0 saturated heterocycles. The van der Waals surface area contributed by atoms with E-state index in [1.54, 1.807) is 17.0 Å². The fourth-order valence-electron chi connectivity index (χ4n) is 3.25. The Morgan fingerprint density at radius 1 is 0.923 bits per heavy atom. The van der Waals surface area contributed by atoms with Crippen molar-refractivity contribution in [2.75, 3.05) is 25.0 Å². The summed E-state index contributed by atoms with van der Waals surface area (Å²) >= 11 is 0. The Balaban J connectivity index is 1.80. The van der Waals surface area contributed by atoms with E-state index in [0.29, 0.717) is 25.2 Å². The van der Waals surface area contributed by atoms with Gasteiger partial charge in [0.1, 0.15) is 0 Å². The highest BCUT2D eigenvalue weighted by Gasteiger charge is 2.27. The molecule has 136 valence electrons. The van der Waals surface area contributed by atoms with Crippen molar-refractivity contribution in [1.29, 1.82) is 0 Å². The van der Waals surface area contributed by atoms with Crippen molar-refractivity contribution in [1.82, 2.24) is 4.90 Å². The molecule has 1 amide bonds. The molecule has 1 heterocycles. The topological polar surface area (TPSA) is 40.6 Å². The molecule has 0 fully saturated rings. The second-order valence-corrected chi connectivity index (χ2v) is 7.93. The van der Waals surface area contributed by atoms with Gasteiger partial charge in [0.05, 0.1) is 0 Å². The normalized spacial score (nSPS) is 14.6. The first-order valence-electron chi connectivity index (χ1n) is 9.00. The first-order valence-corrected chi connectivity index (χ1v) is 9.00. The van der Waals surface area contributed by atoms with Crippen LogP contribution in [0.2, 0.25) is 0 Å². The maximum Gasteiger partial charge on any atom is 0.295 e. The first kappa shape index (κ1) is 18.2. The minimum Gasteiger partial charge on any atom is -0.373 e. The standard InChI is InChI=1S/C22H26N2O2/c1-22(2,3)18-11-9-16(10-12-18)20(25)21(26)24-14-13-23(4)19-8-6-5-7-17(19)15-24/h5-12H,13-15H2,1-4H3. The molecule has 0 atom stereocenters. The zero-order valence-corrected chi connectivity index (χ0v) is 16.0. The van der Waals surface area contributed by atoms with Gasteiger partial charge < -0.3 is 9.80 Å². The van der Waals surface area contributed by atoms with Crippen molar-refractivity contribution < 1.29 is 9.59 Å². The molecule has 4 nitrogen and oxygen atoms in total. The Hall–Kier alpha value is -2.62. The van der Waals surface area contributed by atoms with Crippen LogP contribution in [0.3, 0.4) is 0 Å². The van der Waals surface area contributed by atoms with Gasteiger partial charge in [-0.25, -0.2) is 0 Å². The van der Waals surface area contributed by atoms with Gasteiger partial charge in [-0.1, -0.05) is 63.2 Å². The third-order valence-corrected chi connectivity index (χ3v) is 4.96. The molecule has 0 N–H and O–H groups in total. The van der Waals surface area contributed by atoms with Gasteiger partial charge in [0, 0.05) is 37.9 Å². The Labute approximate surface area is 155 Å². The number of ketones is 1. The van der Waals surface area contributed by atoms with Crippen LogP contribution < -0.4 is 4.90 Å². The number of Topliss-reactive ketones (excluding diaryl/α,β-unsaturated/α-hetero) is 1. The monoisotopic (exact) mass is 350 g/mol. The van der Waals surface area contributed by atoms with Crippen LogP contribution in [0.15, 0.2) is 48.5 Å². The second kappa shape index (κ2) is 6.94. The van der Waals surface area contributed by atoms with E-state index in [4.69, 9.17) is 0 Å². The van der Waals surface area contributed by atoms with Crippen molar-refractivity contribution in [3.05, 3.63) is 65.2 Å². The molecule has 2 aromatic carbocycles. The number of carbonyl (C=O) groups excluding carboxylic acids is 2. The van der Waals surface area contributed by atoms with Crippen molar-refractivity contribution in [2.24, 2.45) is 0 Å². The lowest BCUT2D eigenvalue weighted by Crippen LogP contribution is -2.38. The van der Waals surface area contributed by atoms with E-state index in [1.807, 2.05) is 37.4 Å². The average molecular weight is 350 g/mol. The number of hydrogen-bond acceptors (Lipinski definition) is 3. The Morgan fingerprint density at radius 3 is 2.23 bits per heavy atom. The number of likely N-dealkylation sites (N-methyl/N-ethyl adjacent to an activating group) is 1. The predicted molar refractivity (Wildman–Crippen MR) is 105 cm³/mol. The van der Waals surface area contributed by atoms with Crippen molar-refractivity contribution in [3.8, 4) is 0 Å². The van der Waals surface area contributed by atoms with Gasteiger partial charge >= 0.3 is 0 Å². The van der Waals surface area contributed by atoms with E-state index < -0.39 is 11.7 Å². The second-order valence-electron chi connectivity index (χ2n) is 7.93. The number of amides is 1. The highest BCUT2D eigenvalue weighted by molar-refractivity contribution is 6.42. The predicted octanol–water partition coefficient (Wildman–Crippen LogP) is 3.65. The molecule has 1 aliphatic heterocycles. The van der Waals surface area contributed by atoms with Gasteiger partial charge in [0.15, 0.2) is 0 Å². The Kier molecular flexibility index (Phi) is 4.86. The molecular weight excluding hydrogens is 324 g/mol. The first-order chi connectivity index (χ1) is 12.3. The van der Waals surface area contributed by atoms with Crippen LogP contribution in [0.25, 0.3) is 0 Å². The smallest absolute Gasteiger partial charge is 0.295 e. The Morgan fingerprint density at radius 2 is 1.58 bits per heavy atom. The lowest BCUT2D eigenvalue weighted by Gasteiger charge is -2.21. The van der Waals surface area contributed by atoms with E-state index in [0.717, 1.165) is 16.8 Å². The summed E-state index contributed by atoms with van der Waals surface area (Å²) in [6, 6.07) is 15.4. The van der Waals surface area contributed by atoms with Crippen LogP contribution >= 0.6 is 0 Å². The summed E-state index contributed by atoms with van der Waals surface area (Å²) in [7, 11) is 2.01. The molecule has 0 radical (unpaired) electrons.